The molecule has 0 saturated heterocycles. The Morgan fingerprint density at radius 1 is 1.07 bits per heavy atom. The van der Waals surface area contributed by atoms with Gasteiger partial charge in [-0.1, -0.05) is 0 Å². The van der Waals surface area contributed by atoms with Crippen molar-refractivity contribution in [1.29, 1.82) is 0 Å². The summed E-state index contributed by atoms with van der Waals surface area (Å²) in [5.41, 5.74) is -0.795. The van der Waals surface area contributed by atoms with E-state index in [4.69, 9.17) is 0 Å². The van der Waals surface area contributed by atoms with Gasteiger partial charge in [0.1, 0.15) is 5.60 Å². The summed E-state index contributed by atoms with van der Waals surface area (Å²) in [6.07, 6.45) is 1.36. The fourth-order valence-corrected chi connectivity index (χ4v) is 7.53. The lowest BCUT2D eigenvalue weighted by Crippen LogP contribution is -2.48. The lowest BCUT2D eigenvalue weighted by molar-refractivity contribution is -0.138. The highest BCUT2D eigenvalue weighted by Crippen LogP contribution is 2.90. The van der Waals surface area contributed by atoms with Crippen molar-refractivity contribution in [3.8, 4) is 0 Å². The van der Waals surface area contributed by atoms with Gasteiger partial charge in [0, 0.05) is 17.8 Å². The smallest absolute Gasteiger partial charge is 0.168 e. The average molecular weight is 188 g/mol. The van der Waals surface area contributed by atoms with E-state index in [1.807, 2.05) is 0 Å². The van der Waals surface area contributed by atoms with Crippen LogP contribution in [0.4, 0.5) is 0 Å². The van der Waals surface area contributed by atoms with Crippen LogP contribution in [0.15, 0.2) is 0 Å². The Kier molecular flexibility index (Phi) is 0.570. The third-order valence-corrected chi connectivity index (χ3v) is 7.16. The Balaban J connectivity index is 1.85. The number of carbonyl (C=O) groups excluding carboxylic acids is 1. The van der Waals surface area contributed by atoms with E-state index in [1.165, 1.54) is 6.42 Å². The van der Waals surface area contributed by atoms with E-state index in [-0.39, 0.29) is 5.78 Å². The number of carbonyl (C=O) groups is 1. The number of rotatable bonds is 0. The minimum absolute atomic E-state index is 0.277. The summed E-state index contributed by atoms with van der Waals surface area (Å²) in [6, 6.07) is 0. The van der Waals surface area contributed by atoms with Crippen molar-refractivity contribution in [3.05, 3.63) is 0 Å². The molecule has 7 aliphatic carbocycles. The maximum Gasteiger partial charge on any atom is 0.168 e. The monoisotopic (exact) mass is 188 g/mol. The molecular weight excluding hydrogens is 176 g/mol. The minimum atomic E-state index is -0.795. The summed E-state index contributed by atoms with van der Waals surface area (Å²) in [4.78, 5) is 12.1. The molecule has 7 saturated carbocycles. The van der Waals surface area contributed by atoms with Gasteiger partial charge in [-0.3, -0.25) is 4.79 Å². The molecule has 0 heterocycles. The first-order valence-electron chi connectivity index (χ1n) is 6.03. The van der Waals surface area contributed by atoms with E-state index < -0.39 is 5.60 Å². The molecule has 10 atom stereocenters. The van der Waals surface area contributed by atoms with Crippen LogP contribution in [0.3, 0.4) is 0 Å². The Hall–Kier alpha value is -0.370. The van der Waals surface area contributed by atoms with Gasteiger partial charge >= 0.3 is 0 Å². The lowest BCUT2D eigenvalue weighted by atomic mass is 9.59. The topological polar surface area (TPSA) is 37.3 Å². The van der Waals surface area contributed by atoms with E-state index in [0.717, 1.165) is 23.7 Å². The number of ketones is 1. The van der Waals surface area contributed by atoms with E-state index in [2.05, 4.69) is 0 Å². The van der Waals surface area contributed by atoms with E-state index in [1.54, 1.807) is 0 Å². The van der Waals surface area contributed by atoms with Gasteiger partial charge in [0.05, 0.1) is 0 Å². The second-order valence-corrected chi connectivity index (χ2v) is 6.64. The lowest BCUT2D eigenvalue weighted by Gasteiger charge is -2.45. The zero-order valence-electron chi connectivity index (χ0n) is 7.76. The standard InChI is InChI=1S/C12H12O2/c13-11-8-5-2-1-3-6-4(2)7(8)10(6)12(11,14)9(3)5/h2-10,14H,1H2/t2-,3?,4?,5?,6?,7?,8-,9?,10?,12-/m0/s1. The van der Waals surface area contributed by atoms with Crippen molar-refractivity contribution in [2.45, 2.75) is 12.0 Å². The molecule has 7 fully saturated rings. The highest BCUT2D eigenvalue weighted by molar-refractivity contribution is 5.98. The van der Waals surface area contributed by atoms with E-state index in [0.29, 0.717) is 29.6 Å². The fraction of sp³-hybridized carbons (Fsp3) is 0.917. The van der Waals surface area contributed by atoms with Crippen molar-refractivity contribution < 1.29 is 9.90 Å². The molecule has 7 unspecified atom stereocenters. The molecule has 4 bridgehead atoms. The molecule has 0 amide bonds. The Bertz CT molecular complexity index is 430. The van der Waals surface area contributed by atoms with Gasteiger partial charge in [-0.05, 0) is 41.9 Å². The van der Waals surface area contributed by atoms with Crippen molar-refractivity contribution in [3.63, 3.8) is 0 Å². The highest BCUT2D eigenvalue weighted by Gasteiger charge is 2.94. The largest absolute Gasteiger partial charge is 0.381 e. The predicted molar refractivity (Wildman–Crippen MR) is 46.0 cm³/mol. The third-order valence-electron chi connectivity index (χ3n) is 7.16. The van der Waals surface area contributed by atoms with Crippen LogP contribution in [-0.2, 0) is 4.79 Å². The molecule has 2 heteroatoms. The molecule has 1 N–H and O–H groups in total. The SMILES string of the molecule is O=C1[C@@H]2C3C4C5C6C[C@@H]4C2C6[C@]1(O)C53. The molecule has 14 heavy (non-hydrogen) atoms. The van der Waals surface area contributed by atoms with Crippen LogP contribution in [0.1, 0.15) is 6.42 Å². The molecule has 72 valence electrons. The van der Waals surface area contributed by atoms with Crippen LogP contribution in [0, 0.1) is 53.3 Å². The Morgan fingerprint density at radius 3 is 2.79 bits per heavy atom. The van der Waals surface area contributed by atoms with Gasteiger partial charge in [0.15, 0.2) is 5.78 Å². The normalized spacial score (nSPS) is 87.8. The second kappa shape index (κ2) is 1.27. The number of hydrogen-bond acceptors (Lipinski definition) is 2. The molecule has 7 rings (SSSR count). The fourth-order valence-electron chi connectivity index (χ4n) is 7.53. The first kappa shape index (κ1) is 6.26. The second-order valence-electron chi connectivity index (χ2n) is 6.64. The number of Topliss-reactive ketones (excluding diaryl/α,β-unsaturated/α-hetero) is 1. The van der Waals surface area contributed by atoms with Crippen LogP contribution in [0.5, 0.6) is 0 Å². The van der Waals surface area contributed by atoms with Crippen molar-refractivity contribution >= 4 is 5.78 Å². The minimum Gasteiger partial charge on any atom is -0.381 e. The van der Waals surface area contributed by atoms with Gasteiger partial charge in [-0.25, -0.2) is 0 Å². The van der Waals surface area contributed by atoms with Crippen LogP contribution >= 0.6 is 0 Å². The van der Waals surface area contributed by atoms with Crippen LogP contribution in [0.2, 0.25) is 0 Å². The maximum absolute atomic E-state index is 12.1. The Labute approximate surface area is 81.7 Å². The van der Waals surface area contributed by atoms with Gasteiger partial charge in [-0.2, -0.15) is 0 Å². The zero-order chi connectivity index (χ0) is 8.98. The van der Waals surface area contributed by atoms with Crippen LogP contribution < -0.4 is 0 Å². The molecule has 7 aliphatic rings. The molecule has 0 aromatic rings. The van der Waals surface area contributed by atoms with Crippen LogP contribution in [-0.4, -0.2) is 16.5 Å². The quantitative estimate of drug-likeness (QED) is 0.594. The van der Waals surface area contributed by atoms with E-state index >= 15 is 0 Å². The third kappa shape index (κ3) is 0.271. The first-order chi connectivity index (χ1) is 6.76. The van der Waals surface area contributed by atoms with E-state index in [9.17, 15) is 9.90 Å². The molecule has 0 aliphatic heterocycles. The van der Waals surface area contributed by atoms with Crippen molar-refractivity contribution in [2.24, 2.45) is 53.3 Å². The molecule has 2 nitrogen and oxygen atoms in total. The molecular formula is C12H12O2. The number of aliphatic hydroxyl groups is 1. The average Bonchev–Trinajstić information content (AvgIpc) is 2.68. The summed E-state index contributed by atoms with van der Waals surface area (Å²) in [6.45, 7) is 0. The summed E-state index contributed by atoms with van der Waals surface area (Å²) < 4.78 is 0. The van der Waals surface area contributed by atoms with Gasteiger partial charge < -0.3 is 5.11 Å². The van der Waals surface area contributed by atoms with Gasteiger partial charge in [-0.15, -0.1) is 0 Å². The van der Waals surface area contributed by atoms with Crippen molar-refractivity contribution in [2.75, 3.05) is 0 Å². The van der Waals surface area contributed by atoms with Crippen LogP contribution in [0.25, 0.3) is 0 Å². The number of hydrogen-bond donors (Lipinski definition) is 1. The summed E-state index contributed by atoms with van der Waals surface area (Å²) in [7, 11) is 0. The maximum atomic E-state index is 12.1. The molecule has 0 radical (unpaired) electrons. The molecule has 0 aromatic heterocycles. The van der Waals surface area contributed by atoms with Crippen molar-refractivity contribution in [1.82, 2.24) is 0 Å². The molecule has 0 aromatic carbocycles. The highest BCUT2D eigenvalue weighted by atomic mass is 16.3. The predicted octanol–water partition coefficient (Wildman–Crippen LogP) is 0.304. The first-order valence-corrected chi connectivity index (χ1v) is 6.03. The summed E-state index contributed by atoms with van der Waals surface area (Å²) >= 11 is 0. The van der Waals surface area contributed by atoms with Gasteiger partial charge in [0.2, 0.25) is 0 Å². The Morgan fingerprint density at radius 2 is 1.93 bits per heavy atom. The van der Waals surface area contributed by atoms with Gasteiger partial charge in [0.25, 0.3) is 0 Å². The summed E-state index contributed by atoms with van der Waals surface area (Å²) in [5, 5.41) is 10.7. The molecule has 0 spiro atoms. The zero-order valence-corrected chi connectivity index (χ0v) is 7.76. The summed E-state index contributed by atoms with van der Waals surface area (Å²) in [5.74, 6) is 6.05.